The van der Waals surface area contributed by atoms with E-state index in [1.54, 1.807) is 18.3 Å². The van der Waals surface area contributed by atoms with Crippen molar-refractivity contribution in [2.45, 2.75) is 25.4 Å². The van der Waals surface area contributed by atoms with Gasteiger partial charge in [0.25, 0.3) is 5.91 Å². The van der Waals surface area contributed by atoms with E-state index in [1.807, 2.05) is 44.4 Å². The molecule has 0 bridgehead atoms. The summed E-state index contributed by atoms with van der Waals surface area (Å²) in [5.74, 6) is 0.407. The van der Waals surface area contributed by atoms with Crippen molar-refractivity contribution in [1.82, 2.24) is 15.2 Å². The Morgan fingerprint density at radius 3 is 2.47 bits per heavy atom. The van der Waals surface area contributed by atoms with Gasteiger partial charge in [0.15, 0.2) is 0 Å². The molecule has 4 rings (SSSR count). The molecule has 1 amide bonds. The van der Waals surface area contributed by atoms with E-state index in [0.29, 0.717) is 17.8 Å². The Balaban J connectivity index is 1.39. The number of aldehydes is 1. The fourth-order valence-electron chi connectivity index (χ4n) is 4.57. The van der Waals surface area contributed by atoms with Gasteiger partial charge in [-0.15, -0.1) is 0 Å². The summed E-state index contributed by atoms with van der Waals surface area (Å²) >= 11 is 0. The van der Waals surface area contributed by atoms with Crippen LogP contribution in [-0.2, 0) is 17.8 Å². The molecular weight excluding hydrogens is 450 g/mol. The predicted octanol–water partition coefficient (Wildman–Crippen LogP) is 3.40. The van der Waals surface area contributed by atoms with Crippen molar-refractivity contribution in [2.75, 3.05) is 50.1 Å². The van der Waals surface area contributed by atoms with Crippen LogP contribution in [0.5, 0.6) is 0 Å². The van der Waals surface area contributed by atoms with Gasteiger partial charge >= 0.3 is 0 Å². The first-order valence-electron chi connectivity index (χ1n) is 12.5. The van der Waals surface area contributed by atoms with Gasteiger partial charge in [0.1, 0.15) is 12.1 Å². The third-order valence-electron chi connectivity index (χ3n) is 6.56. The topological polar surface area (TPSA) is 68.8 Å². The first-order valence-corrected chi connectivity index (χ1v) is 12.5. The number of aromatic nitrogens is 1. The van der Waals surface area contributed by atoms with Gasteiger partial charge in [0.2, 0.25) is 0 Å². The number of carbonyl (C=O) groups excluding carboxylic acids is 2. The van der Waals surface area contributed by atoms with Crippen LogP contribution >= 0.6 is 0 Å². The Kier molecular flexibility index (Phi) is 8.68. The molecule has 188 valence electrons. The molecule has 0 radical (unpaired) electrons. The van der Waals surface area contributed by atoms with Gasteiger partial charge in [-0.1, -0.05) is 42.5 Å². The summed E-state index contributed by atoms with van der Waals surface area (Å²) in [7, 11) is 4.10. The van der Waals surface area contributed by atoms with Gasteiger partial charge in [-0.2, -0.15) is 0 Å². The fraction of sp³-hybridized carbons (Fsp3) is 0.345. The number of anilines is 2. The van der Waals surface area contributed by atoms with Crippen molar-refractivity contribution in [3.63, 3.8) is 0 Å². The lowest BCUT2D eigenvalue weighted by Crippen LogP contribution is -2.39. The summed E-state index contributed by atoms with van der Waals surface area (Å²) in [6.45, 7) is 4.39. The number of hydrogen-bond acceptors (Lipinski definition) is 6. The summed E-state index contributed by atoms with van der Waals surface area (Å²) in [5, 5.41) is 2.89. The lowest BCUT2D eigenvalue weighted by molar-refractivity contribution is -0.109. The van der Waals surface area contributed by atoms with Crippen LogP contribution in [0.3, 0.4) is 0 Å². The standard InChI is InChI=1S/C29H35N5O2/c1-32(2)26-13-11-24(12-14-26)21-33-16-7-17-34(19-18-33)28-27(10-6-15-30-28)29(36)31-25(22-35)20-23-8-4-3-5-9-23/h3-6,8-15,22,25H,7,16-21H2,1-2H3,(H,31,36). The SMILES string of the molecule is CN(C)c1ccc(CN2CCCN(c3ncccc3C(=O)NC(C=O)Cc3ccccc3)CC2)cc1. The van der Waals surface area contributed by atoms with E-state index in [9.17, 15) is 9.59 Å². The van der Waals surface area contributed by atoms with Crippen LogP contribution in [0.25, 0.3) is 0 Å². The van der Waals surface area contributed by atoms with Crippen LogP contribution < -0.4 is 15.1 Å². The number of pyridine rings is 1. The molecule has 1 N–H and O–H groups in total. The molecule has 0 saturated carbocycles. The highest BCUT2D eigenvalue weighted by Crippen LogP contribution is 2.21. The first-order chi connectivity index (χ1) is 17.5. The monoisotopic (exact) mass is 485 g/mol. The third-order valence-corrected chi connectivity index (χ3v) is 6.56. The third kappa shape index (κ3) is 6.70. The Bertz CT molecular complexity index is 1130. The maximum Gasteiger partial charge on any atom is 0.255 e. The van der Waals surface area contributed by atoms with Crippen molar-refractivity contribution >= 4 is 23.7 Å². The molecule has 1 unspecified atom stereocenters. The summed E-state index contributed by atoms with van der Waals surface area (Å²) < 4.78 is 0. The lowest BCUT2D eigenvalue weighted by atomic mass is 10.1. The van der Waals surface area contributed by atoms with Crippen molar-refractivity contribution < 1.29 is 9.59 Å². The highest BCUT2D eigenvalue weighted by atomic mass is 16.2. The van der Waals surface area contributed by atoms with Gasteiger partial charge in [0.05, 0.1) is 11.6 Å². The second kappa shape index (κ2) is 12.3. The number of benzene rings is 2. The Morgan fingerprint density at radius 1 is 0.972 bits per heavy atom. The zero-order chi connectivity index (χ0) is 25.3. The van der Waals surface area contributed by atoms with Crippen LogP contribution in [0.1, 0.15) is 27.9 Å². The van der Waals surface area contributed by atoms with Gasteiger partial charge in [-0.3, -0.25) is 9.69 Å². The van der Waals surface area contributed by atoms with E-state index < -0.39 is 6.04 Å². The number of nitrogens with zero attached hydrogens (tertiary/aromatic N) is 4. The van der Waals surface area contributed by atoms with E-state index >= 15 is 0 Å². The number of carbonyl (C=O) groups is 2. The molecule has 1 saturated heterocycles. The molecular formula is C29H35N5O2. The minimum Gasteiger partial charge on any atom is -0.378 e. The highest BCUT2D eigenvalue weighted by molar-refractivity contribution is 6.00. The first kappa shape index (κ1) is 25.4. The van der Waals surface area contributed by atoms with E-state index in [-0.39, 0.29) is 5.91 Å². The van der Waals surface area contributed by atoms with Gasteiger partial charge < -0.3 is 19.9 Å². The largest absolute Gasteiger partial charge is 0.378 e. The maximum atomic E-state index is 13.2. The predicted molar refractivity (Wildman–Crippen MR) is 145 cm³/mol. The minimum atomic E-state index is -0.591. The van der Waals surface area contributed by atoms with Gasteiger partial charge in [-0.05, 0) is 48.2 Å². The number of hydrogen-bond donors (Lipinski definition) is 1. The van der Waals surface area contributed by atoms with E-state index in [0.717, 1.165) is 51.0 Å². The smallest absolute Gasteiger partial charge is 0.255 e. The molecule has 1 aliphatic rings. The molecule has 36 heavy (non-hydrogen) atoms. The van der Waals surface area contributed by atoms with Gasteiger partial charge in [-0.25, -0.2) is 4.98 Å². The summed E-state index contributed by atoms with van der Waals surface area (Å²) in [6, 6.07) is 21.4. The van der Waals surface area contributed by atoms with E-state index in [1.165, 1.54) is 11.3 Å². The van der Waals surface area contributed by atoms with Crippen LogP contribution in [0.2, 0.25) is 0 Å². The molecule has 1 aliphatic heterocycles. The Morgan fingerprint density at radius 2 is 1.75 bits per heavy atom. The average Bonchev–Trinajstić information content (AvgIpc) is 3.14. The van der Waals surface area contributed by atoms with Crippen LogP contribution in [0.4, 0.5) is 11.5 Å². The molecule has 0 spiro atoms. The van der Waals surface area contributed by atoms with E-state index in [4.69, 9.17) is 0 Å². The normalized spacial score (nSPS) is 15.1. The fourth-order valence-corrected chi connectivity index (χ4v) is 4.57. The summed E-state index contributed by atoms with van der Waals surface area (Å²) in [6.07, 6.45) is 3.97. The average molecular weight is 486 g/mol. The highest BCUT2D eigenvalue weighted by Gasteiger charge is 2.23. The lowest BCUT2D eigenvalue weighted by Gasteiger charge is -2.25. The zero-order valence-electron chi connectivity index (χ0n) is 21.1. The van der Waals surface area contributed by atoms with Crippen molar-refractivity contribution in [2.24, 2.45) is 0 Å². The van der Waals surface area contributed by atoms with E-state index in [2.05, 4.69) is 49.3 Å². The minimum absolute atomic E-state index is 0.270. The molecule has 7 nitrogen and oxygen atoms in total. The van der Waals surface area contributed by atoms with Crippen molar-refractivity contribution in [3.05, 3.63) is 89.6 Å². The summed E-state index contributed by atoms with van der Waals surface area (Å²) in [5.41, 5.74) is 4.00. The molecule has 1 fully saturated rings. The quantitative estimate of drug-likeness (QED) is 0.469. The number of rotatable bonds is 9. The van der Waals surface area contributed by atoms with Crippen molar-refractivity contribution in [1.29, 1.82) is 0 Å². The molecule has 7 heteroatoms. The van der Waals surface area contributed by atoms with Crippen molar-refractivity contribution in [3.8, 4) is 0 Å². The molecule has 3 aromatic rings. The summed E-state index contributed by atoms with van der Waals surface area (Å²) in [4.78, 5) is 36.2. The molecule has 2 aromatic carbocycles. The maximum absolute atomic E-state index is 13.2. The van der Waals surface area contributed by atoms with Crippen LogP contribution in [-0.4, -0.2) is 68.4 Å². The molecule has 1 aromatic heterocycles. The molecule has 2 heterocycles. The van der Waals surface area contributed by atoms with Gasteiger partial charge in [0, 0.05) is 58.7 Å². The molecule has 1 atom stereocenters. The second-order valence-electron chi connectivity index (χ2n) is 9.46. The number of amides is 1. The Labute approximate surface area is 213 Å². The Hall–Kier alpha value is -3.71. The van der Waals surface area contributed by atoms with Crippen LogP contribution in [0, 0.1) is 0 Å². The second-order valence-corrected chi connectivity index (χ2v) is 9.46. The zero-order valence-corrected chi connectivity index (χ0v) is 21.1. The van der Waals surface area contributed by atoms with Crippen LogP contribution in [0.15, 0.2) is 72.9 Å². The number of nitrogens with one attached hydrogen (secondary N) is 1. The molecule has 0 aliphatic carbocycles.